The van der Waals surface area contributed by atoms with Crippen LogP contribution in [-0.4, -0.2) is 39.2 Å². The van der Waals surface area contributed by atoms with Crippen LogP contribution in [0.1, 0.15) is 24.5 Å². The third kappa shape index (κ3) is 4.06. The third-order valence-corrected chi connectivity index (χ3v) is 4.40. The summed E-state index contributed by atoms with van der Waals surface area (Å²) in [5, 5.41) is 24.5. The average Bonchev–Trinajstić information content (AvgIpc) is 3.32. The molecule has 1 aromatic carbocycles. The van der Waals surface area contributed by atoms with Gasteiger partial charge in [-0.3, -0.25) is 4.79 Å². The number of aliphatic hydroxyl groups excluding tert-OH is 1. The average molecular weight is 422 g/mol. The smallest absolute Gasteiger partial charge is 0.416 e. The summed E-state index contributed by atoms with van der Waals surface area (Å²) in [6.07, 6.45) is -5.80. The van der Waals surface area contributed by atoms with E-state index in [1.54, 1.807) is 6.92 Å². The first kappa shape index (κ1) is 21.1. The van der Waals surface area contributed by atoms with Crippen molar-refractivity contribution in [2.75, 3.05) is 23.0 Å². The molecule has 0 radical (unpaired) electrons. The summed E-state index contributed by atoms with van der Waals surface area (Å²) in [5.41, 5.74) is 2.85. The normalized spacial score (nSPS) is 20.2. The Morgan fingerprint density at radius 1 is 1.47 bits per heavy atom. The summed E-state index contributed by atoms with van der Waals surface area (Å²) in [4.78, 5) is 20.5. The predicted octanol–water partition coefficient (Wildman–Crippen LogP) is 1.90. The highest BCUT2D eigenvalue weighted by Crippen LogP contribution is 2.42. The van der Waals surface area contributed by atoms with Gasteiger partial charge >= 0.3 is 6.18 Å². The summed E-state index contributed by atoms with van der Waals surface area (Å²) in [6, 6.07) is 5.92. The van der Waals surface area contributed by atoms with E-state index in [9.17, 15) is 28.3 Å². The molecule has 0 bridgehead atoms. The number of anilines is 3. The molecular formula is C18H17F3N6O3. The van der Waals surface area contributed by atoms with Crippen LogP contribution in [0.5, 0.6) is 5.88 Å². The number of nitrogens with zero attached hydrogens (tertiary/aromatic N) is 3. The minimum absolute atomic E-state index is 0.0590. The lowest BCUT2D eigenvalue weighted by molar-refractivity contribution is -0.137. The molecule has 1 unspecified atom stereocenters. The van der Waals surface area contributed by atoms with E-state index >= 15 is 0 Å². The number of ether oxygens (including phenoxy) is 1. The van der Waals surface area contributed by atoms with Gasteiger partial charge in [-0.25, -0.2) is 0 Å². The lowest BCUT2D eigenvalue weighted by Crippen LogP contribution is -2.41. The number of benzene rings is 1. The van der Waals surface area contributed by atoms with Crippen LogP contribution in [0.4, 0.5) is 30.6 Å². The van der Waals surface area contributed by atoms with Crippen molar-refractivity contribution in [2.45, 2.75) is 31.2 Å². The maximum Gasteiger partial charge on any atom is 0.416 e. The van der Waals surface area contributed by atoms with E-state index in [-0.39, 0.29) is 41.9 Å². The van der Waals surface area contributed by atoms with Gasteiger partial charge in [-0.1, -0.05) is 6.07 Å². The van der Waals surface area contributed by atoms with Gasteiger partial charge in [0.05, 0.1) is 18.3 Å². The van der Waals surface area contributed by atoms with E-state index in [1.165, 1.54) is 6.07 Å². The Hall–Kier alpha value is -3.59. The van der Waals surface area contributed by atoms with E-state index in [1.807, 2.05) is 6.07 Å². The second-order valence-electron chi connectivity index (χ2n) is 6.50. The topological polar surface area (TPSA) is 146 Å². The third-order valence-electron chi connectivity index (χ3n) is 4.40. The van der Waals surface area contributed by atoms with Gasteiger partial charge in [-0.2, -0.15) is 28.4 Å². The summed E-state index contributed by atoms with van der Waals surface area (Å²) in [5.74, 6) is -1.26. The van der Waals surface area contributed by atoms with E-state index in [0.717, 1.165) is 18.2 Å². The summed E-state index contributed by atoms with van der Waals surface area (Å²) < 4.78 is 43.9. The quantitative estimate of drug-likeness (QED) is 0.552. The number of hydrogen-bond donors (Lipinski definition) is 4. The van der Waals surface area contributed by atoms with Gasteiger partial charge in [0.2, 0.25) is 11.8 Å². The van der Waals surface area contributed by atoms with Crippen molar-refractivity contribution in [3.05, 3.63) is 35.4 Å². The molecule has 12 heteroatoms. The molecule has 2 aromatic rings. The molecule has 5 N–H and O–H groups in total. The number of nitriles is 1. The predicted molar refractivity (Wildman–Crippen MR) is 99.4 cm³/mol. The van der Waals surface area contributed by atoms with E-state index in [0.29, 0.717) is 0 Å². The standard InChI is InChI=1S/C18H17F3N6O3/c1-2-30-14-11(8-22)13(25-16(23)26-14)27-17(7-12(17)28)15(29)24-10-5-3-4-9(6-10)18(19,20)21/h3-6,12,28H,2,7H2,1H3,(H,24,29)(H3,23,25,26,27)/t12?,17-/m1/s1. The number of aromatic nitrogens is 2. The van der Waals surface area contributed by atoms with Gasteiger partial charge in [-0.15, -0.1) is 0 Å². The summed E-state index contributed by atoms with van der Waals surface area (Å²) >= 11 is 0. The molecule has 1 amide bonds. The van der Waals surface area contributed by atoms with Crippen LogP contribution in [-0.2, 0) is 11.0 Å². The van der Waals surface area contributed by atoms with Gasteiger partial charge in [0.25, 0.3) is 5.91 Å². The largest absolute Gasteiger partial charge is 0.477 e. The maximum atomic E-state index is 12.9. The molecule has 2 atom stereocenters. The fourth-order valence-corrected chi connectivity index (χ4v) is 2.80. The van der Waals surface area contributed by atoms with Crippen LogP contribution in [0.15, 0.2) is 24.3 Å². The van der Waals surface area contributed by atoms with Crippen molar-refractivity contribution in [3.8, 4) is 11.9 Å². The molecule has 0 saturated heterocycles. The monoisotopic (exact) mass is 422 g/mol. The highest BCUT2D eigenvalue weighted by atomic mass is 19.4. The van der Waals surface area contributed by atoms with E-state index in [4.69, 9.17) is 10.5 Å². The molecule has 1 aromatic heterocycles. The number of amides is 1. The van der Waals surface area contributed by atoms with E-state index in [2.05, 4.69) is 20.6 Å². The second kappa shape index (κ2) is 7.68. The van der Waals surface area contributed by atoms with Crippen molar-refractivity contribution in [2.24, 2.45) is 0 Å². The van der Waals surface area contributed by atoms with Crippen molar-refractivity contribution in [3.63, 3.8) is 0 Å². The number of alkyl halides is 3. The fraction of sp³-hybridized carbons (Fsp3) is 0.333. The zero-order valence-electron chi connectivity index (χ0n) is 15.6. The lowest BCUT2D eigenvalue weighted by atomic mass is 10.1. The van der Waals surface area contributed by atoms with Crippen LogP contribution >= 0.6 is 0 Å². The highest BCUT2D eigenvalue weighted by Gasteiger charge is 2.60. The molecule has 1 aliphatic rings. The Morgan fingerprint density at radius 2 is 2.17 bits per heavy atom. The molecule has 1 saturated carbocycles. The molecule has 3 rings (SSSR count). The number of nitrogen functional groups attached to an aromatic ring is 1. The molecule has 1 fully saturated rings. The summed E-state index contributed by atoms with van der Waals surface area (Å²) in [7, 11) is 0. The maximum absolute atomic E-state index is 12.9. The molecule has 0 aliphatic heterocycles. The number of carbonyl (C=O) groups is 1. The van der Waals surface area contributed by atoms with Gasteiger partial charge in [0.1, 0.15) is 11.6 Å². The van der Waals surface area contributed by atoms with Gasteiger partial charge in [0, 0.05) is 12.1 Å². The number of aliphatic hydroxyl groups is 1. The minimum Gasteiger partial charge on any atom is -0.477 e. The van der Waals surface area contributed by atoms with Crippen molar-refractivity contribution < 1.29 is 27.8 Å². The lowest BCUT2D eigenvalue weighted by Gasteiger charge is -2.20. The molecular weight excluding hydrogens is 405 g/mol. The Balaban J connectivity index is 1.88. The zero-order valence-corrected chi connectivity index (χ0v) is 15.6. The molecule has 0 spiro atoms. The molecule has 1 aliphatic carbocycles. The molecule has 30 heavy (non-hydrogen) atoms. The van der Waals surface area contributed by atoms with Gasteiger partial charge in [-0.05, 0) is 25.1 Å². The molecule has 1 heterocycles. The number of rotatable bonds is 6. The Bertz CT molecular complexity index is 1020. The Labute approximate surface area is 168 Å². The molecule has 9 nitrogen and oxygen atoms in total. The first-order valence-corrected chi connectivity index (χ1v) is 8.76. The number of hydrogen-bond acceptors (Lipinski definition) is 8. The van der Waals surface area contributed by atoms with Crippen LogP contribution < -0.4 is 21.1 Å². The highest BCUT2D eigenvalue weighted by molar-refractivity contribution is 6.03. The SMILES string of the molecule is CCOc1nc(N)nc(N[C@]2(C(=O)Nc3cccc(C(F)(F)F)c3)CC2O)c1C#N. The number of halogens is 3. The Morgan fingerprint density at radius 3 is 2.73 bits per heavy atom. The molecule has 158 valence electrons. The van der Waals surface area contributed by atoms with Gasteiger partial charge < -0.3 is 26.2 Å². The fourth-order valence-electron chi connectivity index (χ4n) is 2.80. The van der Waals surface area contributed by atoms with Crippen molar-refractivity contribution in [1.82, 2.24) is 9.97 Å². The van der Waals surface area contributed by atoms with Gasteiger partial charge in [0.15, 0.2) is 11.4 Å². The van der Waals surface area contributed by atoms with Crippen LogP contribution in [0.25, 0.3) is 0 Å². The Kier molecular flexibility index (Phi) is 5.41. The van der Waals surface area contributed by atoms with Crippen LogP contribution in [0.2, 0.25) is 0 Å². The number of nitrogens with two attached hydrogens (primary N) is 1. The first-order chi connectivity index (χ1) is 14.1. The second-order valence-corrected chi connectivity index (χ2v) is 6.50. The zero-order chi connectivity index (χ0) is 22.1. The van der Waals surface area contributed by atoms with E-state index < -0.39 is 29.3 Å². The number of nitrogens with one attached hydrogen (secondary N) is 2. The number of carbonyl (C=O) groups excluding carboxylic acids is 1. The van der Waals surface area contributed by atoms with Crippen molar-refractivity contribution in [1.29, 1.82) is 5.26 Å². The minimum atomic E-state index is -4.58. The first-order valence-electron chi connectivity index (χ1n) is 8.76. The van der Waals surface area contributed by atoms with Crippen LogP contribution in [0.3, 0.4) is 0 Å². The van der Waals surface area contributed by atoms with Crippen molar-refractivity contribution >= 4 is 23.4 Å². The summed E-state index contributed by atoms with van der Waals surface area (Å²) in [6.45, 7) is 1.86. The van der Waals surface area contributed by atoms with Crippen LogP contribution in [0, 0.1) is 11.3 Å².